The number of fused-ring (bicyclic) bond motifs is 5. The number of carboxylic acids is 1. The molecule has 2 saturated carbocycles. The number of rotatable bonds is 7. The number of para-hydroxylation sites is 2. The Bertz CT molecular complexity index is 1270. The van der Waals surface area contributed by atoms with Gasteiger partial charge in [0.2, 0.25) is 0 Å². The third-order valence-corrected chi connectivity index (χ3v) is 9.75. The second-order valence-electron chi connectivity index (χ2n) is 12.3. The highest BCUT2D eigenvalue weighted by Gasteiger charge is 2.50. The van der Waals surface area contributed by atoms with E-state index < -0.39 is 5.97 Å². The van der Waals surface area contributed by atoms with E-state index in [1.807, 2.05) is 28.8 Å². The molecular formula is C30H40N4O4. The van der Waals surface area contributed by atoms with E-state index in [2.05, 4.69) is 17.0 Å². The largest absolute Gasteiger partial charge is 0.481 e. The highest BCUT2D eigenvalue weighted by molar-refractivity contribution is 6.00. The van der Waals surface area contributed by atoms with Gasteiger partial charge in [0.25, 0.3) is 5.56 Å². The second-order valence-corrected chi connectivity index (χ2v) is 12.3. The molecule has 5 atom stereocenters. The van der Waals surface area contributed by atoms with Crippen molar-refractivity contribution in [1.29, 1.82) is 0 Å². The smallest absolute Gasteiger partial charge is 0.303 e. The van der Waals surface area contributed by atoms with Gasteiger partial charge in [0.15, 0.2) is 5.69 Å². The van der Waals surface area contributed by atoms with Crippen LogP contribution in [0.2, 0.25) is 0 Å². The van der Waals surface area contributed by atoms with Crippen LogP contribution < -0.4 is 5.56 Å². The molecule has 1 aromatic heterocycles. The van der Waals surface area contributed by atoms with Gasteiger partial charge in [0.1, 0.15) is 12.8 Å². The molecule has 4 fully saturated rings. The molecule has 4 aliphatic rings. The molecule has 3 heterocycles. The van der Waals surface area contributed by atoms with Crippen molar-refractivity contribution >= 4 is 22.7 Å². The Balaban J connectivity index is 1.39. The van der Waals surface area contributed by atoms with Gasteiger partial charge in [-0.15, -0.1) is 0 Å². The minimum atomic E-state index is -0.943. The summed E-state index contributed by atoms with van der Waals surface area (Å²) in [6, 6.07) is 9.38. The Hall–Kier alpha value is -2.74. The number of benzene rings is 1. The van der Waals surface area contributed by atoms with Crippen LogP contribution in [-0.2, 0) is 9.63 Å². The molecule has 0 amide bonds. The number of aliphatic carboxylic acids is 1. The summed E-state index contributed by atoms with van der Waals surface area (Å²) >= 11 is 0. The highest BCUT2D eigenvalue weighted by atomic mass is 16.6. The molecule has 0 radical (unpaired) electrons. The van der Waals surface area contributed by atoms with Gasteiger partial charge in [-0.3, -0.25) is 14.5 Å². The SMILES string of the molecule is CO/N=C(\CCC(=O)O)c1nc2ccccc2n([C@@H]2C[C@@H]3CCC[C@H]2N3C2CC3CC(C)CC(C3)C2)c1=O. The average molecular weight is 521 g/mol. The van der Waals surface area contributed by atoms with Crippen LogP contribution in [0.3, 0.4) is 0 Å². The molecule has 1 aromatic carbocycles. The average Bonchev–Trinajstić information content (AvgIpc) is 3.10. The fourth-order valence-corrected chi connectivity index (χ4v) is 8.65. The van der Waals surface area contributed by atoms with Crippen LogP contribution in [0.1, 0.15) is 89.3 Å². The summed E-state index contributed by atoms with van der Waals surface area (Å²) in [4.78, 5) is 38.1. The lowest BCUT2D eigenvalue weighted by Gasteiger charge is -2.49. The van der Waals surface area contributed by atoms with E-state index in [-0.39, 0.29) is 30.1 Å². The fourth-order valence-electron chi connectivity index (χ4n) is 8.65. The third kappa shape index (κ3) is 4.65. The van der Waals surface area contributed by atoms with Crippen LogP contribution in [0.5, 0.6) is 0 Å². The Labute approximate surface area is 224 Å². The van der Waals surface area contributed by atoms with Gasteiger partial charge in [0, 0.05) is 24.5 Å². The monoisotopic (exact) mass is 520 g/mol. The number of piperidine rings is 1. The first-order valence-corrected chi connectivity index (χ1v) is 14.5. The summed E-state index contributed by atoms with van der Waals surface area (Å²) in [6.07, 6.45) is 11.2. The summed E-state index contributed by atoms with van der Waals surface area (Å²) in [5, 5.41) is 13.3. The molecule has 6 rings (SSSR count). The van der Waals surface area contributed by atoms with Gasteiger partial charge in [-0.25, -0.2) is 4.98 Å². The van der Waals surface area contributed by atoms with E-state index in [4.69, 9.17) is 9.82 Å². The summed E-state index contributed by atoms with van der Waals surface area (Å²) in [5.74, 6) is 1.61. The van der Waals surface area contributed by atoms with Gasteiger partial charge in [-0.05, 0) is 81.3 Å². The van der Waals surface area contributed by atoms with Gasteiger partial charge in [-0.1, -0.05) is 30.6 Å². The molecule has 8 nitrogen and oxygen atoms in total. The van der Waals surface area contributed by atoms with Crippen LogP contribution in [-0.4, -0.2) is 56.5 Å². The summed E-state index contributed by atoms with van der Waals surface area (Å²) in [5.41, 5.74) is 1.91. The molecule has 1 N–H and O–H groups in total. The number of carbonyl (C=O) groups is 1. The van der Waals surface area contributed by atoms with Crippen LogP contribution >= 0.6 is 0 Å². The maximum atomic E-state index is 14.2. The normalized spacial score (nSPS) is 33.4. The Morgan fingerprint density at radius 3 is 2.53 bits per heavy atom. The summed E-state index contributed by atoms with van der Waals surface area (Å²) in [7, 11) is 1.42. The summed E-state index contributed by atoms with van der Waals surface area (Å²) < 4.78 is 1.98. The predicted molar refractivity (Wildman–Crippen MR) is 146 cm³/mol. The molecule has 4 bridgehead atoms. The molecule has 2 aliphatic carbocycles. The number of hydrogen-bond acceptors (Lipinski definition) is 6. The van der Waals surface area contributed by atoms with E-state index in [1.165, 1.54) is 52.1 Å². The fraction of sp³-hybridized carbons (Fsp3) is 0.667. The predicted octanol–water partition coefficient (Wildman–Crippen LogP) is 4.99. The van der Waals surface area contributed by atoms with Crippen LogP contribution in [0.15, 0.2) is 34.2 Å². The number of aromatic nitrogens is 2. The molecule has 2 aromatic rings. The molecular weight excluding hydrogens is 480 g/mol. The Morgan fingerprint density at radius 1 is 1.03 bits per heavy atom. The van der Waals surface area contributed by atoms with Crippen molar-refractivity contribution in [3.63, 3.8) is 0 Å². The molecule has 2 aliphatic heterocycles. The van der Waals surface area contributed by atoms with Crippen molar-refractivity contribution in [2.24, 2.45) is 22.9 Å². The second kappa shape index (κ2) is 10.4. The maximum Gasteiger partial charge on any atom is 0.303 e. The van der Waals surface area contributed by atoms with Crippen molar-refractivity contribution in [3.8, 4) is 0 Å². The standard InChI is InChI=1S/C30H40N4O4/c1-18-12-19-14-20(13-18)16-22(15-19)33-21-6-5-9-26(33)27(17-21)34-25-8-4-3-7-23(25)31-29(30(34)37)24(32-38-2)10-11-28(35)36/h3-4,7-8,18-22,26-27H,5-6,9-17H2,1-2H3,(H,35,36)/b32-24+/t18?,19?,20?,21-,22?,26+,27+/m0/s1. The Kier molecular flexibility index (Phi) is 7.01. The van der Waals surface area contributed by atoms with E-state index in [0.717, 1.165) is 41.6 Å². The number of hydrogen-bond donors (Lipinski definition) is 1. The van der Waals surface area contributed by atoms with Gasteiger partial charge in [0.05, 0.1) is 23.5 Å². The van der Waals surface area contributed by atoms with Crippen molar-refractivity contribution in [3.05, 3.63) is 40.3 Å². The van der Waals surface area contributed by atoms with Crippen molar-refractivity contribution in [2.75, 3.05) is 7.11 Å². The lowest BCUT2D eigenvalue weighted by molar-refractivity contribution is -0.136. The van der Waals surface area contributed by atoms with Crippen molar-refractivity contribution < 1.29 is 14.7 Å². The number of carboxylic acid groups (broad SMARTS) is 1. The molecule has 2 unspecified atom stereocenters. The van der Waals surface area contributed by atoms with Crippen molar-refractivity contribution in [1.82, 2.24) is 14.5 Å². The highest BCUT2D eigenvalue weighted by Crippen LogP contribution is 2.50. The Morgan fingerprint density at radius 2 is 1.79 bits per heavy atom. The molecule has 2 saturated heterocycles. The minimum Gasteiger partial charge on any atom is -0.481 e. The van der Waals surface area contributed by atoms with Crippen LogP contribution in [0, 0.1) is 17.8 Å². The quantitative estimate of drug-likeness (QED) is 0.408. The van der Waals surface area contributed by atoms with E-state index in [9.17, 15) is 14.7 Å². The van der Waals surface area contributed by atoms with Crippen molar-refractivity contribution in [2.45, 2.75) is 102 Å². The van der Waals surface area contributed by atoms with Crippen LogP contribution in [0.25, 0.3) is 11.0 Å². The van der Waals surface area contributed by atoms with Gasteiger partial charge < -0.3 is 14.5 Å². The number of oxime groups is 1. The van der Waals surface area contributed by atoms with E-state index in [1.54, 1.807) is 0 Å². The van der Waals surface area contributed by atoms with Gasteiger partial charge in [-0.2, -0.15) is 0 Å². The number of nitrogens with zero attached hydrogens (tertiary/aromatic N) is 4. The van der Waals surface area contributed by atoms with E-state index >= 15 is 0 Å². The topological polar surface area (TPSA) is 97.0 Å². The zero-order valence-corrected chi connectivity index (χ0v) is 22.6. The lowest BCUT2D eigenvalue weighted by atomic mass is 9.66. The first kappa shape index (κ1) is 25.5. The maximum absolute atomic E-state index is 14.2. The molecule has 204 valence electrons. The zero-order valence-electron chi connectivity index (χ0n) is 22.6. The zero-order chi connectivity index (χ0) is 26.4. The van der Waals surface area contributed by atoms with E-state index in [0.29, 0.717) is 23.8 Å². The minimum absolute atomic E-state index is 0.0746. The first-order chi connectivity index (χ1) is 18.4. The molecule has 8 heteroatoms. The molecule has 0 spiro atoms. The first-order valence-electron chi connectivity index (χ1n) is 14.5. The molecule has 38 heavy (non-hydrogen) atoms. The lowest BCUT2D eigenvalue weighted by Crippen LogP contribution is -2.52. The van der Waals surface area contributed by atoms with Crippen LogP contribution in [0.4, 0.5) is 0 Å². The van der Waals surface area contributed by atoms with Gasteiger partial charge >= 0.3 is 5.97 Å². The third-order valence-electron chi connectivity index (χ3n) is 9.75. The summed E-state index contributed by atoms with van der Waals surface area (Å²) in [6.45, 7) is 2.43.